The molecule has 5 heteroatoms. The highest BCUT2D eigenvalue weighted by Gasteiger charge is 2.17. The maximum Gasteiger partial charge on any atom is 0.306 e. The second-order valence-electron chi connectivity index (χ2n) is 16.3. The second kappa shape index (κ2) is 53.4. The Morgan fingerprint density at radius 1 is 0.359 bits per heavy atom. The molecule has 0 aromatic heterocycles. The fraction of sp³-hybridized carbons (Fsp3) is 0.593. The average molecular weight is 883 g/mol. The van der Waals surface area contributed by atoms with Crippen LogP contribution in [0.15, 0.2) is 134 Å². The van der Waals surface area contributed by atoms with Crippen molar-refractivity contribution in [1.82, 2.24) is 0 Å². The molecule has 360 valence electrons. The van der Waals surface area contributed by atoms with Crippen molar-refractivity contribution in [2.45, 2.75) is 207 Å². The van der Waals surface area contributed by atoms with Crippen molar-refractivity contribution in [3.8, 4) is 0 Å². The quantitative estimate of drug-likeness (QED) is 0.0346. The first-order chi connectivity index (χ1) is 31.6. The van der Waals surface area contributed by atoms with Crippen LogP contribution in [0.25, 0.3) is 0 Å². The van der Waals surface area contributed by atoms with Crippen LogP contribution in [0.2, 0.25) is 0 Å². The molecular weight excluding hydrogens is 789 g/mol. The zero-order valence-corrected chi connectivity index (χ0v) is 41.2. The molecule has 0 bridgehead atoms. The molecule has 0 fully saturated rings. The van der Waals surface area contributed by atoms with Crippen molar-refractivity contribution >= 4 is 11.9 Å². The van der Waals surface area contributed by atoms with E-state index in [0.717, 1.165) is 148 Å². The second-order valence-corrected chi connectivity index (χ2v) is 16.3. The lowest BCUT2D eigenvalue weighted by Gasteiger charge is -2.18. The third-order valence-electron chi connectivity index (χ3n) is 10.1. The largest absolute Gasteiger partial charge is 0.462 e. The van der Waals surface area contributed by atoms with Gasteiger partial charge in [-0.25, -0.2) is 0 Å². The fourth-order valence-electron chi connectivity index (χ4n) is 6.39. The van der Waals surface area contributed by atoms with E-state index in [1.165, 1.54) is 19.3 Å². The number of carbonyl (C=O) groups is 2. The highest BCUT2D eigenvalue weighted by Crippen LogP contribution is 2.11. The van der Waals surface area contributed by atoms with Gasteiger partial charge in [0, 0.05) is 19.4 Å². The Morgan fingerprint density at radius 2 is 0.703 bits per heavy atom. The normalized spacial score (nSPS) is 13.4. The van der Waals surface area contributed by atoms with E-state index in [0.29, 0.717) is 19.4 Å². The molecule has 0 amide bonds. The summed E-state index contributed by atoms with van der Waals surface area (Å²) in [6, 6.07) is 0. The van der Waals surface area contributed by atoms with Crippen molar-refractivity contribution < 1.29 is 23.8 Å². The van der Waals surface area contributed by atoms with Crippen LogP contribution < -0.4 is 0 Å². The Labute approximate surface area is 394 Å². The molecule has 0 aromatic carbocycles. The zero-order chi connectivity index (χ0) is 46.3. The SMILES string of the molecule is CC/C=C\C/C=C\C/C=C\C/C=C\C/C=C\CCCCCC(=O)OCC(COCCCCC/C=C\C/C=C\C/C=C\C/C=C\CC)OC(=O)CCCCCCC/C=C\C/C=C\CCC. The molecule has 0 saturated heterocycles. The van der Waals surface area contributed by atoms with E-state index in [-0.39, 0.29) is 25.2 Å². The highest BCUT2D eigenvalue weighted by molar-refractivity contribution is 5.70. The Kier molecular flexibility index (Phi) is 50.1. The molecule has 0 aliphatic heterocycles. The standard InChI is InChI=1S/C59H94O5/c1-4-7-10-13-16-19-22-25-27-29-30-31-32-35-37-40-43-46-49-52-58(60)63-56-57(64-59(61)53-50-47-44-41-38-34-24-21-18-15-12-9-6-3)55-62-54-51-48-45-42-39-36-33-28-26-23-20-17-14-11-8-5-2/h7-8,10-12,15-17,19-21,24-28,30-31,35-37,39,57H,4-6,9,13-14,18,22-23,29,32-34,38,40-56H2,1-3H3/b10-7-,11-8-,15-12-,19-16-,20-17-,24-21-,27-25-,28-26-,31-30-,37-35-,39-36-. The van der Waals surface area contributed by atoms with Crippen LogP contribution in [-0.4, -0.2) is 37.9 Å². The molecule has 0 spiro atoms. The van der Waals surface area contributed by atoms with Gasteiger partial charge in [0.05, 0.1) is 6.61 Å². The molecule has 0 heterocycles. The van der Waals surface area contributed by atoms with Crippen LogP contribution in [-0.2, 0) is 23.8 Å². The first kappa shape index (κ1) is 60.0. The molecule has 0 radical (unpaired) electrons. The van der Waals surface area contributed by atoms with Gasteiger partial charge in [-0.2, -0.15) is 0 Å². The van der Waals surface area contributed by atoms with Crippen molar-refractivity contribution in [2.24, 2.45) is 0 Å². The summed E-state index contributed by atoms with van der Waals surface area (Å²) >= 11 is 0. The molecule has 1 atom stereocenters. The third-order valence-corrected chi connectivity index (χ3v) is 10.1. The van der Waals surface area contributed by atoms with Crippen LogP contribution in [0.1, 0.15) is 201 Å². The average Bonchev–Trinajstić information content (AvgIpc) is 3.30. The van der Waals surface area contributed by atoms with Gasteiger partial charge in [0.15, 0.2) is 6.10 Å². The van der Waals surface area contributed by atoms with Crippen LogP contribution in [0.3, 0.4) is 0 Å². The van der Waals surface area contributed by atoms with E-state index in [1.807, 2.05) is 0 Å². The topological polar surface area (TPSA) is 61.8 Å². The Balaban J connectivity index is 4.43. The van der Waals surface area contributed by atoms with Gasteiger partial charge in [-0.3, -0.25) is 9.59 Å². The van der Waals surface area contributed by atoms with Crippen LogP contribution in [0, 0.1) is 0 Å². The summed E-state index contributed by atoms with van der Waals surface area (Å²) in [5.74, 6) is -0.480. The summed E-state index contributed by atoms with van der Waals surface area (Å²) in [6.45, 7) is 7.39. The summed E-state index contributed by atoms with van der Waals surface area (Å²) < 4.78 is 17.3. The maximum absolute atomic E-state index is 12.8. The van der Waals surface area contributed by atoms with Gasteiger partial charge in [-0.15, -0.1) is 0 Å². The first-order valence-electron chi connectivity index (χ1n) is 25.7. The van der Waals surface area contributed by atoms with Crippen molar-refractivity contribution in [1.29, 1.82) is 0 Å². The Hall–Kier alpha value is -3.96. The van der Waals surface area contributed by atoms with Crippen LogP contribution in [0.4, 0.5) is 0 Å². The molecule has 0 aromatic rings. The van der Waals surface area contributed by atoms with Gasteiger partial charge < -0.3 is 14.2 Å². The Morgan fingerprint density at radius 3 is 1.14 bits per heavy atom. The van der Waals surface area contributed by atoms with Gasteiger partial charge in [-0.1, -0.05) is 193 Å². The molecule has 0 aliphatic carbocycles. The number of rotatable bonds is 45. The number of hydrogen-bond donors (Lipinski definition) is 0. The van der Waals surface area contributed by atoms with E-state index < -0.39 is 6.10 Å². The molecule has 0 rings (SSSR count). The van der Waals surface area contributed by atoms with Gasteiger partial charge in [0.1, 0.15) is 6.61 Å². The maximum atomic E-state index is 12.8. The highest BCUT2D eigenvalue weighted by atomic mass is 16.6. The van der Waals surface area contributed by atoms with E-state index in [2.05, 4.69) is 154 Å². The molecule has 1 unspecified atom stereocenters. The molecule has 0 saturated carbocycles. The van der Waals surface area contributed by atoms with Gasteiger partial charge in [-0.05, 0) is 128 Å². The summed E-state index contributed by atoms with van der Waals surface area (Å²) in [6.07, 6.45) is 76.0. The Bertz CT molecular complexity index is 1370. The minimum Gasteiger partial charge on any atom is -0.462 e. The summed E-state index contributed by atoms with van der Waals surface area (Å²) in [5, 5.41) is 0. The number of ether oxygens (including phenoxy) is 3. The van der Waals surface area contributed by atoms with Crippen LogP contribution >= 0.6 is 0 Å². The van der Waals surface area contributed by atoms with E-state index in [4.69, 9.17) is 14.2 Å². The van der Waals surface area contributed by atoms with E-state index >= 15 is 0 Å². The van der Waals surface area contributed by atoms with E-state index in [9.17, 15) is 9.59 Å². The molecule has 64 heavy (non-hydrogen) atoms. The van der Waals surface area contributed by atoms with Gasteiger partial charge in [0.25, 0.3) is 0 Å². The molecule has 0 aliphatic rings. The lowest BCUT2D eigenvalue weighted by atomic mass is 10.1. The number of hydrogen-bond acceptors (Lipinski definition) is 5. The zero-order valence-electron chi connectivity index (χ0n) is 41.2. The minimum absolute atomic E-state index is 0.0400. The third kappa shape index (κ3) is 50.7. The minimum atomic E-state index is -0.584. The van der Waals surface area contributed by atoms with Crippen LogP contribution in [0.5, 0.6) is 0 Å². The van der Waals surface area contributed by atoms with Gasteiger partial charge in [0.2, 0.25) is 0 Å². The predicted octanol–water partition coefficient (Wildman–Crippen LogP) is 17.6. The number of carbonyl (C=O) groups excluding carboxylic acids is 2. The summed E-state index contributed by atoms with van der Waals surface area (Å²) in [7, 11) is 0. The van der Waals surface area contributed by atoms with Crippen molar-refractivity contribution in [2.75, 3.05) is 19.8 Å². The smallest absolute Gasteiger partial charge is 0.306 e. The van der Waals surface area contributed by atoms with Gasteiger partial charge >= 0.3 is 11.9 Å². The molecular formula is C59H94O5. The van der Waals surface area contributed by atoms with Crippen molar-refractivity contribution in [3.63, 3.8) is 0 Å². The molecule has 0 N–H and O–H groups in total. The van der Waals surface area contributed by atoms with Crippen molar-refractivity contribution in [3.05, 3.63) is 134 Å². The first-order valence-corrected chi connectivity index (χ1v) is 25.7. The predicted molar refractivity (Wildman–Crippen MR) is 278 cm³/mol. The summed E-state index contributed by atoms with van der Waals surface area (Å²) in [5.41, 5.74) is 0. The number of allylic oxidation sites excluding steroid dienone is 22. The monoisotopic (exact) mass is 883 g/mol. The van der Waals surface area contributed by atoms with E-state index in [1.54, 1.807) is 0 Å². The lowest BCUT2D eigenvalue weighted by Crippen LogP contribution is -2.30. The lowest BCUT2D eigenvalue weighted by molar-refractivity contribution is -0.163. The molecule has 5 nitrogen and oxygen atoms in total. The number of unbranched alkanes of at least 4 members (excludes halogenated alkanes) is 12. The summed E-state index contributed by atoms with van der Waals surface area (Å²) in [4.78, 5) is 25.4. The number of esters is 2. The fourth-order valence-corrected chi connectivity index (χ4v) is 6.39.